The normalized spacial score (nSPS) is 12.0. The van der Waals surface area contributed by atoms with Gasteiger partial charge in [0.15, 0.2) is 0 Å². The highest BCUT2D eigenvalue weighted by molar-refractivity contribution is 7.92. The van der Waals surface area contributed by atoms with Crippen molar-refractivity contribution in [3.63, 3.8) is 0 Å². The number of rotatable bonds is 8. The van der Waals surface area contributed by atoms with Gasteiger partial charge in [0, 0.05) is 23.5 Å². The van der Waals surface area contributed by atoms with E-state index in [1.165, 1.54) is 36.7 Å². The Bertz CT molecular complexity index is 1150. The SMILES string of the molecule is COc1ccc(OC)c(C(C)NC(=O)c2ccc(S(=O)(=O)Nc3ccncc3)cc2)c1. The van der Waals surface area contributed by atoms with E-state index in [-0.39, 0.29) is 16.8 Å². The largest absolute Gasteiger partial charge is 0.497 e. The van der Waals surface area contributed by atoms with E-state index in [1.807, 2.05) is 6.92 Å². The Morgan fingerprint density at radius 1 is 0.968 bits per heavy atom. The molecule has 0 saturated heterocycles. The smallest absolute Gasteiger partial charge is 0.261 e. The summed E-state index contributed by atoms with van der Waals surface area (Å²) < 4.78 is 38.1. The van der Waals surface area contributed by atoms with Crippen LogP contribution in [0.5, 0.6) is 11.5 Å². The quantitative estimate of drug-likeness (QED) is 0.555. The number of nitrogens with zero attached hydrogens (tertiary/aromatic N) is 1. The van der Waals surface area contributed by atoms with Crippen LogP contribution in [0.15, 0.2) is 71.9 Å². The first-order valence-electron chi connectivity index (χ1n) is 9.39. The minimum Gasteiger partial charge on any atom is -0.497 e. The maximum Gasteiger partial charge on any atom is 0.261 e. The summed E-state index contributed by atoms with van der Waals surface area (Å²) in [6.07, 6.45) is 2.98. The van der Waals surface area contributed by atoms with Gasteiger partial charge in [-0.2, -0.15) is 0 Å². The zero-order chi connectivity index (χ0) is 22.4. The van der Waals surface area contributed by atoms with E-state index in [0.717, 1.165) is 5.56 Å². The van der Waals surface area contributed by atoms with Crippen molar-refractivity contribution in [3.8, 4) is 11.5 Å². The number of carbonyl (C=O) groups is 1. The van der Waals surface area contributed by atoms with Gasteiger partial charge >= 0.3 is 0 Å². The van der Waals surface area contributed by atoms with Crippen molar-refractivity contribution in [1.29, 1.82) is 0 Å². The molecule has 3 rings (SSSR count). The molecule has 0 bridgehead atoms. The van der Waals surface area contributed by atoms with Crippen LogP contribution in [0.2, 0.25) is 0 Å². The molecular formula is C22H23N3O5S. The molecule has 9 heteroatoms. The molecule has 2 N–H and O–H groups in total. The number of sulfonamides is 1. The molecule has 0 fully saturated rings. The maximum atomic E-state index is 12.7. The number of amides is 1. The standard InChI is InChI=1S/C22H23N3O5S/c1-15(20-14-18(29-2)6-9-21(20)30-3)24-22(26)16-4-7-19(8-5-16)31(27,28)25-17-10-12-23-13-11-17/h4-15H,1-3H3,(H,23,25)(H,24,26). The van der Waals surface area contributed by atoms with Gasteiger partial charge in [0.2, 0.25) is 0 Å². The van der Waals surface area contributed by atoms with Gasteiger partial charge in [0.1, 0.15) is 11.5 Å². The van der Waals surface area contributed by atoms with E-state index in [1.54, 1.807) is 44.6 Å². The molecule has 0 aliphatic rings. The first-order valence-corrected chi connectivity index (χ1v) is 10.9. The average molecular weight is 442 g/mol. The van der Waals surface area contributed by atoms with Gasteiger partial charge in [-0.05, 0) is 61.5 Å². The number of hydrogen-bond acceptors (Lipinski definition) is 6. The Labute approximate surface area is 181 Å². The second-order valence-electron chi connectivity index (χ2n) is 6.67. The number of hydrogen-bond donors (Lipinski definition) is 2. The number of aromatic nitrogens is 1. The van der Waals surface area contributed by atoms with E-state index < -0.39 is 10.0 Å². The Kier molecular flexibility index (Phi) is 6.76. The predicted octanol–water partition coefficient (Wildman–Crippen LogP) is 3.39. The molecule has 1 unspecified atom stereocenters. The third-order valence-corrected chi connectivity index (χ3v) is 6.01. The summed E-state index contributed by atoms with van der Waals surface area (Å²) >= 11 is 0. The first kappa shape index (κ1) is 22.1. The van der Waals surface area contributed by atoms with Crippen LogP contribution in [0, 0.1) is 0 Å². The molecule has 0 spiro atoms. The van der Waals surface area contributed by atoms with E-state index >= 15 is 0 Å². The molecule has 162 valence electrons. The number of benzene rings is 2. The van der Waals surface area contributed by atoms with Gasteiger partial charge in [0.25, 0.3) is 15.9 Å². The molecule has 1 amide bonds. The van der Waals surface area contributed by atoms with Crippen molar-refractivity contribution in [1.82, 2.24) is 10.3 Å². The summed E-state index contributed by atoms with van der Waals surface area (Å²) in [6.45, 7) is 1.83. The maximum absolute atomic E-state index is 12.7. The average Bonchev–Trinajstić information content (AvgIpc) is 2.79. The van der Waals surface area contributed by atoms with E-state index in [9.17, 15) is 13.2 Å². The van der Waals surface area contributed by atoms with Crippen LogP contribution >= 0.6 is 0 Å². The molecule has 0 aliphatic carbocycles. The monoisotopic (exact) mass is 441 g/mol. The van der Waals surface area contributed by atoms with Crippen molar-refractivity contribution in [2.45, 2.75) is 17.9 Å². The van der Waals surface area contributed by atoms with Crippen LogP contribution in [-0.4, -0.2) is 33.5 Å². The van der Waals surface area contributed by atoms with Gasteiger partial charge < -0.3 is 14.8 Å². The highest BCUT2D eigenvalue weighted by Gasteiger charge is 2.18. The molecule has 0 aliphatic heterocycles. The minimum absolute atomic E-state index is 0.0448. The zero-order valence-electron chi connectivity index (χ0n) is 17.3. The topological polar surface area (TPSA) is 107 Å². The van der Waals surface area contributed by atoms with Crippen LogP contribution in [-0.2, 0) is 10.0 Å². The summed E-state index contributed by atoms with van der Waals surface area (Å²) in [5, 5.41) is 2.89. The third kappa shape index (κ3) is 5.32. The minimum atomic E-state index is -3.78. The number of carbonyl (C=O) groups excluding carboxylic acids is 1. The fourth-order valence-corrected chi connectivity index (χ4v) is 4.01. The number of ether oxygens (including phenoxy) is 2. The second kappa shape index (κ2) is 9.48. The fourth-order valence-electron chi connectivity index (χ4n) is 2.96. The summed E-state index contributed by atoms with van der Waals surface area (Å²) in [5.74, 6) is 0.925. The van der Waals surface area contributed by atoms with Crippen LogP contribution in [0.1, 0.15) is 28.9 Å². The summed E-state index contributed by atoms with van der Waals surface area (Å²) in [7, 11) is -0.660. The molecule has 31 heavy (non-hydrogen) atoms. The lowest BCUT2D eigenvalue weighted by Crippen LogP contribution is -2.27. The highest BCUT2D eigenvalue weighted by atomic mass is 32.2. The Morgan fingerprint density at radius 2 is 1.65 bits per heavy atom. The van der Waals surface area contributed by atoms with Crippen molar-refractivity contribution in [2.75, 3.05) is 18.9 Å². The van der Waals surface area contributed by atoms with Gasteiger partial charge in [-0.15, -0.1) is 0 Å². The van der Waals surface area contributed by atoms with Crippen molar-refractivity contribution in [3.05, 3.63) is 78.1 Å². The van der Waals surface area contributed by atoms with Crippen LogP contribution in [0.3, 0.4) is 0 Å². The van der Waals surface area contributed by atoms with E-state index in [2.05, 4.69) is 15.0 Å². The van der Waals surface area contributed by atoms with Gasteiger partial charge in [0.05, 0.1) is 30.8 Å². The molecule has 2 aromatic carbocycles. The summed E-state index contributed by atoms with van der Waals surface area (Å²) in [4.78, 5) is 16.6. The van der Waals surface area contributed by atoms with Crippen molar-refractivity contribution in [2.24, 2.45) is 0 Å². The van der Waals surface area contributed by atoms with Crippen molar-refractivity contribution < 1.29 is 22.7 Å². The van der Waals surface area contributed by atoms with Crippen molar-refractivity contribution >= 4 is 21.6 Å². The fraction of sp³-hybridized carbons (Fsp3) is 0.182. The molecule has 0 radical (unpaired) electrons. The van der Waals surface area contributed by atoms with Gasteiger partial charge in [-0.1, -0.05) is 0 Å². The highest BCUT2D eigenvalue weighted by Crippen LogP contribution is 2.29. The number of nitrogens with one attached hydrogen (secondary N) is 2. The first-order chi connectivity index (χ1) is 14.8. The number of pyridine rings is 1. The third-order valence-electron chi connectivity index (χ3n) is 4.61. The predicted molar refractivity (Wildman–Crippen MR) is 117 cm³/mol. The molecule has 1 heterocycles. The van der Waals surface area contributed by atoms with E-state index in [4.69, 9.17) is 9.47 Å². The lowest BCUT2D eigenvalue weighted by molar-refractivity contribution is 0.0939. The number of anilines is 1. The molecule has 0 saturated carbocycles. The van der Waals surface area contributed by atoms with Crippen LogP contribution in [0.4, 0.5) is 5.69 Å². The molecular weight excluding hydrogens is 418 g/mol. The zero-order valence-corrected chi connectivity index (χ0v) is 18.1. The van der Waals surface area contributed by atoms with Crippen LogP contribution < -0.4 is 19.5 Å². The summed E-state index contributed by atoms with van der Waals surface area (Å²) in [6, 6.07) is 13.8. The molecule has 1 aromatic heterocycles. The second-order valence-corrected chi connectivity index (χ2v) is 8.35. The molecule has 3 aromatic rings. The Hall–Kier alpha value is -3.59. The van der Waals surface area contributed by atoms with Crippen LogP contribution in [0.25, 0.3) is 0 Å². The lowest BCUT2D eigenvalue weighted by Gasteiger charge is -2.18. The lowest BCUT2D eigenvalue weighted by atomic mass is 10.1. The van der Waals surface area contributed by atoms with Gasteiger partial charge in [-0.25, -0.2) is 8.42 Å². The molecule has 1 atom stereocenters. The van der Waals surface area contributed by atoms with Gasteiger partial charge in [-0.3, -0.25) is 14.5 Å². The Balaban J connectivity index is 1.73. The van der Waals surface area contributed by atoms with E-state index in [0.29, 0.717) is 22.7 Å². The Morgan fingerprint density at radius 3 is 2.26 bits per heavy atom. The summed E-state index contributed by atoms with van der Waals surface area (Å²) in [5.41, 5.74) is 1.49. The molecule has 8 nitrogen and oxygen atoms in total. The number of methoxy groups -OCH3 is 2.